The first-order chi connectivity index (χ1) is 4.50. The normalized spacial score (nSPS) is 25.9. The van der Waals surface area contributed by atoms with Gasteiger partial charge in [-0.15, -0.1) is 0 Å². The lowest BCUT2D eigenvalue weighted by molar-refractivity contribution is 0.119. The van der Waals surface area contributed by atoms with Crippen LogP contribution >= 0.6 is 34.8 Å². The molecule has 1 heterocycles. The number of hydrogen-bond donors (Lipinski definition) is 0. The Morgan fingerprint density at radius 2 is 2.10 bits per heavy atom. The maximum Gasteiger partial charge on any atom is 0.508 e. The Kier molecular flexibility index (Phi) is 2.18. The van der Waals surface area contributed by atoms with E-state index in [1.54, 1.807) is 0 Å². The number of carbonyl (C=O) groups is 1. The molecule has 10 heavy (non-hydrogen) atoms. The number of hydrogen-bond acceptors (Lipinski definition) is 3. The van der Waals surface area contributed by atoms with Crippen molar-refractivity contribution in [2.24, 2.45) is 0 Å². The Bertz CT molecular complexity index is 152. The lowest BCUT2D eigenvalue weighted by atomic mass is 10.4. The van der Waals surface area contributed by atoms with Gasteiger partial charge in [-0.05, 0) is 0 Å². The predicted octanol–water partition coefficient (Wildman–Crippen LogP) is 1.89. The summed E-state index contributed by atoms with van der Waals surface area (Å²) in [6.45, 7) is -0.00463. The second kappa shape index (κ2) is 2.64. The van der Waals surface area contributed by atoms with Crippen molar-refractivity contribution in [2.45, 2.75) is 9.90 Å². The molecule has 1 fully saturated rings. The van der Waals surface area contributed by atoms with Gasteiger partial charge in [-0.2, -0.15) is 0 Å². The molecular formula is C4H3Cl3O3. The maximum absolute atomic E-state index is 10.3. The molecule has 0 saturated carbocycles. The van der Waals surface area contributed by atoms with Crippen molar-refractivity contribution < 1.29 is 14.3 Å². The summed E-state index contributed by atoms with van der Waals surface area (Å²) in [5, 5.41) is 0. The quantitative estimate of drug-likeness (QED) is 0.447. The number of rotatable bonds is 0. The minimum absolute atomic E-state index is 0.00463. The molecule has 1 saturated heterocycles. The second-order valence-corrected chi connectivity index (χ2v) is 4.08. The maximum atomic E-state index is 10.3. The predicted molar refractivity (Wildman–Crippen MR) is 36.5 cm³/mol. The van der Waals surface area contributed by atoms with E-state index in [1.807, 2.05) is 0 Å². The van der Waals surface area contributed by atoms with Crippen LogP contribution in [0.5, 0.6) is 0 Å². The fourth-order valence-corrected chi connectivity index (χ4v) is 0.812. The highest BCUT2D eigenvalue weighted by Crippen LogP contribution is 2.34. The summed E-state index contributed by atoms with van der Waals surface area (Å²) in [6.07, 6.45) is -1.58. The van der Waals surface area contributed by atoms with Crippen LogP contribution in [0.3, 0.4) is 0 Å². The zero-order valence-electron chi connectivity index (χ0n) is 4.64. The number of cyclic esters (lactones) is 2. The SMILES string of the molecule is O=C1OCC(C(Cl)(Cl)Cl)O1. The summed E-state index contributed by atoms with van der Waals surface area (Å²) < 4.78 is 7.26. The number of ether oxygens (including phenoxy) is 2. The summed E-state index contributed by atoms with van der Waals surface area (Å²) in [5.74, 6) is 0. The highest BCUT2D eigenvalue weighted by molar-refractivity contribution is 6.68. The standard InChI is InChI=1S/C4H3Cl3O3/c5-4(6,7)2-1-9-3(8)10-2/h2H,1H2. The van der Waals surface area contributed by atoms with Gasteiger partial charge in [0.15, 0.2) is 6.10 Å². The first-order valence-electron chi connectivity index (χ1n) is 2.40. The third kappa shape index (κ3) is 1.81. The Morgan fingerprint density at radius 3 is 2.30 bits per heavy atom. The molecule has 58 valence electrons. The molecule has 1 aliphatic heterocycles. The van der Waals surface area contributed by atoms with Crippen molar-refractivity contribution in [2.75, 3.05) is 6.61 Å². The molecule has 3 nitrogen and oxygen atoms in total. The Labute approximate surface area is 72.1 Å². The monoisotopic (exact) mass is 204 g/mol. The summed E-state index contributed by atoms with van der Waals surface area (Å²) in [5.41, 5.74) is 0. The summed E-state index contributed by atoms with van der Waals surface area (Å²) >= 11 is 16.1. The van der Waals surface area contributed by atoms with Crippen molar-refractivity contribution in [1.82, 2.24) is 0 Å². The molecule has 0 radical (unpaired) electrons. The van der Waals surface area contributed by atoms with Crippen LogP contribution in [0.1, 0.15) is 0 Å². The van der Waals surface area contributed by atoms with E-state index in [-0.39, 0.29) is 6.61 Å². The van der Waals surface area contributed by atoms with Crippen LogP contribution in [0.2, 0.25) is 0 Å². The van der Waals surface area contributed by atoms with Crippen molar-refractivity contribution >= 4 is 41.0 Å². The number of alkyl halides is 3. The van der Waals surface area contributed by atoms with Gasteiger partial charge in [0.05, 0.1) is 0 Å². The highest BCUT2D eigenvalue weighted by atomic mass is 35.6. The number of carbonyl (C=O) groups excluding carboxylic acids is 1. The van der Waals surface area contributed by atoms with Crippen LogP contribution in [-0.2, 0) is 9.47 Å². The van der Waals surface area contributed by atoms with Crippen LogP contribution in [0.15, 0.2) is 0 Å². The zero-order valence-corrected chi connectivity index (χ0v) is 6.91. The Balaban J connectivity index is 2.53. The number of halogens is 3. The topological polar surface area (TPSA) is 35.5 Å². The van der Waals surface area contributed by atoms with E-state index in [0.29, 0.717) is 0 Å². The molecule has 1 atom stereocenters. The fraction of sp³-hybridized carbons (Fsp3) is 0.750. The van der Waals surface area contributed by atoms with E-state index < -0.39 is 16.1 Å². The van der Waals surface area contributed by atoms with Crippen LogP contribution < -0.4 is 0 Å². The van der Waals surface area contributed by atoms with Crippen LogP contribution in [-0.4, -0.2) is 22.7 Å². The molecule has 0 aliphatic carbocycles. The van der Waals surface area contributed by atoms with Gasteiger partial charge in [0.25, 0.3) is 0 Å². The van der Waals surface area contributed by atoms with Crippen LogP contribution in [0.25, 0.3) is 0 Å². The summed E-state index contributed by atoms with van der Waals surface area (Å²) in [6, 6.07) is 0. The molecule has 0 bridgehead atoms. The van der Waals surface area contributed by atoms with E-state index >= 15 is 0 Å². The van der Waals surface area contributed by atoms with Gasteiger partial charge in [0, 0.05) is 0 Å². The van der Waals surface area contributed by atoms with E-state index in [9.17, 15) is 4.79 Å². The largest absolute Gasteiger partial charge is 0.508 e. The van der Waals surface area contributed by atoms with E-state index in [4.69, 9.17) is 34.8 Å². The van der Waals surface area contributed by atoms with Crippen LogP contribution in [0, 0.1) is 0 Å². The van der Waals surface area contributed by atoms with Gasteiger partial charge < -0.3 is 9.47 Å². The Hall–Kier alpha value is 0.140. The van der Waals surface area contributed by atoms with Gasteiger partial charge in [-0.3, -0.25) is 0 Å². The lowest BCUT2D eigenvalue weighted by Crippen LogP contribution is -2.27. The molecule has 1 aliphatic rings. The lowest BCUT2D eigenvalue weighted by Gasteiger charge is -2.14. The average Bonchev–Trinajstić information content (AvgIpc) is 2.11. The van der Waals surface area contributed by atoms with Gasteiger partial charge >= 0.3 is 6.16 Å². The highest BCUT2D eigenvalue weighted by Gasteiger charge is 2.41. The van der Waals surface area contributed by atoms with Crippen molar-refractivity contribution in [3.05, 3.63) is 0 Å². The minimum Gasteiger partial charge on any atom is -0.430 e. The smallest absolute Gasteiger partial charge is 0.430 e. The third-order valence-corrected chi connectivity index (χ3v) is 1.69. The molecule has 6 heteroatoms. The van der Waals surface area contributed by atoms with Gasteiger partial charge in [-0.25, -0.2) is 4.79 Å². The third-order valence-electron chi connectivity index (χ3n) is 0.956. The summed E-state index contributed by atoms with van der Waals surface area (Å²) in [4.78, 5) is 10.3. The Morgan fingerprint density at radius 1 is 1.50 bits per heavy atom. The molecule has 1 unspecified atom stereocenters. The first kappa shape index (κ1) is 8.24. The van der Waals surface area contributed by atoms with Crippen molar-refractivity contribution in [1.29, 1.82) is 0 Å². The molecule has 1 rings (SSSR count). The van der Waals surface area contributed by atoms with E-state index in [1.165, 1.54) is 0 Å². The van der Waals surface area contributed by atoms with Crippen molar-refractivity contribution in [3.63, 3.8) is 0 Å². The second-order valence-electron chi connectivity index (χ2n) is 1.71. The fourth-order valence-electron chi connectivity index (χ4n) is 0.489. The van der Waals surface area contributed by atoms with E-state index in [0.717, 1.165) is 0 Å². The van der Waals surface area contributed by atoms with Gasteiger partial charge in [0.2, 0.25) is 3.79 Å². The first-order valence-corrected chi connectivity index (χ1v) is 3.53. The van der Waals surface area contributed by atoms with Gasteiger partial charge in [-0.1, -0.05) is 34.8 Å². The van der Waals surface area contributed by atoms with Crippen molar-refractivity contribution in [3.8, 4) is 0 Å². The zero-order chi connectivity index (χ0) is 7.78. The van der Waals surface area contributed by atoms with Crippen LogP contribution in [0.4, 0.5) is 4.79 Å². The molecule has 0 aromatic carbocycles. The molecule has 0 aromatic rings. The molecule has 0 aromatic heterocycles. The summed E-state index contributed by atoms with van der Waals surface area (Å²) in [7, 11) is 0. The molecular weight excluding hydrogens is 202 g/mol. The molecule has 0 spiro atoms. The minimum atomic E-state index is -1.59. The van der Waals surface area contributed by atoms with E-state index in [2.05, 4.69) is 9.47 Å². The van der Waals surface area contributed by atoms with Gasteiger partial charge in [0.1, 0.15) is 6.61 Å². The molecule has 0 amide bonds. The molecule has 0 N–H and O–H groups in total. The average molecular weight is 205 g/mol.